The maximum Gasteiger partial charge on any atom is 0.119 e. The summed E-state index contributed by atoms with van der Waals surface area (Å²) in [5.74, 6) is 0.876. The Balaban J connectivity index is 1.73. The summed E-state index contributed by atoms with van der Waals surface area (Å²) in [5.41, 5.74) is 6.12. The number of likely N-dealkylation sites (tertiary alicyclic amines) is 1. The maximum atomic E-state index is 10.0. The van der Waals surface area contributed by atoms with Crippen LogP contribution in [0.25, 0.3) is 0 Å². The molecular formula is C15H24N2O2. The van der Waals surface area contributed by atoms with Gasteiger partial charge in [-0.1, -0.05) is 12.1 Å². The summed E-state index contributed by atoms with van der Waals surface area (Å²) >= 11 is 0. The molecule has 1 atom stereocenters. The van der Waals surface area contributed by atoms with Crippen LogP contribution < -0.4 is 10.5 Å². The van der Waals surface area contributed by atoms with E-state index in [0.717, 1.165) is 43.8 Å². The van der Waals surface area contributed by atoms with Crippen molar-refractivity contribution in [3.8, 4) is 5.75 Å². The van der Waals surface area contributed by atoms with Gasteiger partial charge in [-0.05, 0) is 44.0 Å². The third-order valence-electron chi connectivity index (χ3n) is 3.59. The maximum absolute atomic E-state index is 10.0. The van der Waals surface area contributed by atoms with Crippen molar-refractivity contribution in [2.45, 2.75) is 31.9 Å². The van der Waals surface area contributed by atoms with Crippen molar-refractivity contribution in [3.05, 3.63) is 29.8 Å². The number of benzene rings is 1. The quantitative estimate of drug-likeness (QED) is 0.843. The highest BCUT2D eigenvalue weighted by Crippen LogP contribution is 2.20. The van der Waals surface area contributed by atoms with Crippen LogP contribution in [0.3, 0.4) is 0 Å². The first-order chi connectivity index (χ1) is 9.09. The van der Waals surface area contributed by atoms with Gasteiger partial charge in [0.2, 0.25) is 0 Å². The van der Waals surface area contributed by atoms with E-state index in [1.165, 1.54) is 0 Å². The summed E-state index contributed by atoms with van der Waals surface area (Å²) in [7, 11) is 0. The lowest BCUT2D eigenvalue weighted by atomic mass is 9.95. The number of hydrogen-bond donors (Lipinski definition) is 2. The van der Waals surface area contributed by atoms with E-state index in [2.05, 4.69) is 4.90 Å². The fraction of sp³-hybridized carbons (Fsp3) is 0.600. The lowest BCUT2D eigenvalue weighted by molar-refractivity contribution is -0.0183. The summed E-state index contributed by atoms with van der Waals surface area (Å²) in [5, 5.41) is 10.0. The Morgan fingerprint density at radius 1 is 1.37 bits per heavy atom. The first kappa shape index (κ1) is 14.3. The summed E-state index contributed by atoms with van der Waals surface area (Å²) in [6.45, 7) is 5.76. The first-order valence-corrected chi connectivity index (χ1v) is 6.96. The molecule has 1 saturated heterocycles. The number of rotatable bonds is 5. The molecule has 1 aliphatic rings. The van der Waals surface area contributed by atoms with E-state index in [-0.39, 0.29) is 0 Å². The standard InChI is InChI=1S/C15H24N2O2/c1-15(18)7-2-8-17(12-15)9-10-19-14-5-3-13(11-16)4-6-14/h3-6,18H,2,7-12,16H2,1H3. The number of hydrogen-bond acceptors (Lipinski definition) is 4. The molecule has 4 nitrogen and oxygen atoms in total. The zero-order valence-electron chi connectivity index (χ0n) is 11.6. The van der Waals surface area contributed by atoms with Gasteiger partial charge in [-0.15, -0.1) is 0 Å². The summed E-state index contributed by atoms with van der Waals surface area (Å²) in [6, 6.07) is 7.88. The number of ether oxygens (including phenoxy) is 1. The molecule has 1 fully saturated rings. The van der Waals surface area contributed by atoms with Crippen LogP contribution >= 0.6 is 0 Å². The average molecular weight is 264 g/mol. The van der Waals surface area contributed by atoms with Gasteiger partial charge in [0, 0.05) is 19.6 Å². The van der Waals surface area contributed by atoms with Crippen LogP contribution in [-0.4, -0.2) is 41.8 Å². The predicted molar refractivity (Wildman–Crippen MR) is 76.1 cm³/mol. The van der Waals surface area contributed by atoms with Crippen LogP contribution in [0.5, 0.6) is 5.75 Å². The second-order valence-corrected chi connectivity index (χ2v) is 5.57. The topological polar surface area (TPSA) is 58.7 Å². The van der Waals surface area contributed by atoms with Gasteiger partial charge in [0.05, 0.1) is 5.60 Å². The minimum absolute atomic E-state index is 0.541. The van der Waals surface area contributed by atoms with E-state index < -0.39 is 5.60 Å². The Bertz CT molecular complexity index is 390. The molecule has 1 aromatic rings. The molecule has 1 aliphatic heterocycles. The summed E-state index contributed by atoms with van der Waals surface area (Å²) < 4.78 is 5.71. The third kappa shape index (κ3) is 4.49. The van der Waals surface area contributed by atoms with Crippen molar-refractivity contribution in [1.82, 2.24) is 4.90 Å². The smallest absolute Gasteiger partial charge is 0.119 e. The molecule has 0 spiro atoms. The normalized spacial score (nSPS) is 24.4. The van der Waals surface area contributed by atoms with E-state index in [4.69, 9.17) is 10.5 Å². The number of nitrogens with zero attached hydrogens (tertiary/aromatic N) is 1. The van der Waals surface area contributed by atoms with Crippen LogP contribution in [0.2, 0.25) is 0 Å². The van der Waals surface area contributed by atoms with Crippen LogP contribution in [-0.2, 0) is 6.54 Å². The Hall–Kier alpha value is -1.10. The van der Waals surface area contributed by atoms with Crippen LogP contribution in [0.1, 0.15) is 25.3 Å². The fourth-order valence-corrected chi connectivity index (χ4v) is 2.53. The molecule has 4 heteroatoms. The van der Waals surface area contributed by atoms with Crippen molar-refractivity contribution in [3.63, 3.8) is 0 Å². The lowest BCUT2D eigenvalue weighted by Gasteiger charge is -2.36. The molecule has 106 valence electrons. The Kier molecular flexibility index (Phi) is 4.80. The molecule has 19 heavy (non-hydrogen) atoms. The second kappa shape index (κ2) is 6.37. The molecule has 1 aromatic carbocycles. The summed E-state index contributed by atoms with van der Waals surface area (Å²) in [4.78, 5) is 2.26. The van der Waals surface area contributed by atoms with E-state index in [0.29, 0.717) is 13.2 Å². The van der Waals surface area contributed by atoms with Gasteiger partial charge in [0.25, 0.3) is 0 Å². The van der Waals surface area contributed by atoms with Gasteiger partial charge >= 0.3 is 0 Å². The highest BCUT2D eigenvalue weighted by Gasteiger charge is 2.27. The van der Waals surface area contributed by atoms with Gasteiger partial charge in [-0.25, -0.2) is 0 Å². The summed E-state index contributed by atoms with van der Waals surface area (Å²) in [6.07, 6.45) is 1.95. The average Bonchev–Trinajstić information content (AvgIpc) is 2.38. The molecule has 0 amide bonds. The number of nitrogens with two attached hydrogens (primary N) is 1. The van der Waals surface area contributed by atoms with Crippen LogP contribution in [0, 0.1) is 0 Å². The molecule has 0 saturated carbocycles. The minimum atomic E-state index is -0.541. The van der Waals surface area contributed by atoms with Crippen LogP contribution in [0.15, 0.2) is 24.3 Å². The second-order valence-electron chi connectivity index (χ2n) is 5.57. The molecule has 1 heterocycles. The molecule has 0 bridgehead atoms. The highest BCUT2D eigenvalue weighted by molar-refractivity contribution is 5.27. The van der Waals surface area contributed by atoms with Crippen molar-refractivity contribution >= 4 is 0 Å². The molecule has 3 N–H and O–H groups in total. The zero-order chi connectivity index (χ0) is 13.7. The molecule has 0 aromatic heterocycles. The van der Waals surface area contributed by atoms with Gasteiger partial charge in [0.15, 0.2) is 0 Å². The van der Waals surface area contributed by atoms with Gasteiger partial charge < -0.3 is 15.6 Å². The number of β-amino-alcohol motifs (C(OH)–C–C–N with tert-alkyl or cyclic N) is 1. The predicted octanol–water partition coefficient (Wildman–Crippen LogP) is 1.37. The lowest BCUT2D eigenvalue weighted by Crippen LogP contribution is -2.47. The monoisotopic (exact) mass is 264 g/mol. The van der Waals surface area contributed by atoms with Crippen molar-refractivity contribution in [1.29, 1.82) is 0 Å². The van der Waals surface area contributed by atoms with E-state index in [9.17, 15) is 5.11 Å². The molecule has 0 radical (unpaired) electrons. The molecule has 1 unspecified atom stereocenters. The first-order valence-electron chi connectivity index (χ1n) is 6.96. The van der Waals surface area contributed by atoms with Gasteiger partial charge in [-0.3, -0.25) is 4.90 Å². The Labute approximate surface area is 115 Å². The van der Waals surface area contributed by atoms with Crippen molar-refractivity contribution in [2.75, 3.05) is 26.2 Å². The SMILES string of the molecule is CC1(O)CCCN(CCOc2ccc(CN)cc2)C1. The number of piperidine rings is 1. The van der Waals surface area contributed by atoms with Gasteiger partial charge in [-0.2, -0.15) is 0 Å². The highest BCUT2D eigenvalue weighted by atomic mass is 16.5. The Morgan fingerprint density at radius 2 is 2.11 bits per heavy atom. The van der Waals surface area contributed by atoms with E-state index >= 15 is 0 Å². The Morgan fingerprint density at radius 3 is 2.74 bits per heavy atom. The van der Waals surface area contributed by atoms with E-state index in [1.807, 2.05) is 31.2 Å². The molecule has 0 aliphatic carbocycles. The van der Waals surface area contributed by atoms with Crippen molar-refractivity contribution in [2.24, 2.45) is 5.73 Å². The minimum Gasteiger partial charge on any atom is -0.492 e. The van der Waals surface area contributed by atoms with Crippen molar-refractivity contribution < 1.29 is 9.84 Å². The van der Waals surface area contributed by atoms with E-state index in [1.54, 1.807) is 0 Å². The third-order valence-corrected chi connectivity index (χ3v) is 3.59. The number of aliphatic hydroxyl groups is 1. The molecule has 2 rings (SSSR count). The van der Waals surface area contributed by atoms with Gasteiger partial charge in [0.1, 0.15) is 12.4 Å². The zero-order valence-corrected chi connectivity index (χ0v) is 11.6. The largest absolute Gasteiger partial charge is 0.492 e. The molecular weight excluding hydrogens is 240 g/mol. The van der Waals surface area contributed by atoms with Crippen LogP contribution in [0.4, 0.5) is 0 Å². The fourth-order valence-electron chi connectivity index (χ4n) is 2.53.